The molecule has 5 nitrogen and oxygen atoms in total. The number of anilines is 9. The maximum Gasteiger partial charge on any atom is 0.297 e. The number of hydrogen-bond acceptors (Lipinski definition) is 5. The summed E-state index contributed by atoms with van der Waals surface area (Å²) < 4.78 is 15.0. The number of rotatable bonds is 6. The van der Waals surface area contributed by atoms with Crippen LogP contribution in [0, 0.1) is 11.8 Å². The molecule has 1 spiro atoms. The van der Waals surface area contributed by atoms with E-state index in [1.54, 1.807) is 5.56 Å². The predicted octanol–water partition coefficient (Wildman–Crippen LogP) is 22.0. The number of nitrogens with zero attached hydrogens (tertiary/aromatic N) is 3. The summed E-state index contributed by atoms with van der Waals surface area (Å²) in [5.41, 5.74) is 29.2. The second-order valence-electron chi connectivity index (χ2n) is 32.0. The normalized spacial score (nSPS) is 20.9. The second kappa shape index (κ2) is 19.4. The lowest BCUT2D eigenvalue weighted by Gasteiger charge is -2.44. The molecular formula is C85H84BN3O2. The van der Waals surface area contributed by atoms with Crippen LogP contribution in [0.4, 0.5) is 51.2 Å². The van der Waals surface area contributed by atoms with Crippen LogP contribution in [0.5, 0.6) is 0 Å². The van der Waals surface area contributed by atoms with E-state index in [9.17, 15) is 0 Å². The smallest absolute Gasteiger partial charge is 0.297 e. The molecule has 5 aliphatic carbocycles. The highest BCUT2D eigenvalue weighted by Gasteiger charge is 2.61. The number of benzene rings is 9. The van der Waals surface area contributed by atoms with Crippen molar-refractivity contribution in [2.24, 2.45) is 11.8 Å². The Morgan fingerprint density at radius 3 is 1.85 bits per heavy atom. The van der Waals surface area contributed by atoms with Crippen LogP contribution in [0.25, 0.3) is 44.0 Å². The van der Waals surface area contributed by atoms with Gasteiger partial charge in [0.2, 0.25) is 0 Å². The SMILES string of the molecule is CC(C)(C)c1ccc(N(c2ccc3c(c2)B2c4oc5cc6c(cc5c4N(c4ccc(C5CCCCC5)cc4)c4cc(C(C)(C)C)cc(c42)N3c2cccc3c2-c2ccccc2C32C3CCC2CC3)C(C)(C)CCC6(C)C)c2cccc3c2oc2ccccc23)cc1. The van der Waals surface area contributed by atoms with Crippen LogP contribution >= 0.6 is 0 Å². The van der Waals surface area contributed by atoms with Crippen LogP contribution in [-0.2, 0) is 27.1 Å². The van der Waals surface area contributed by atoms with E-state index in [4.69, 9.17) is 8.83 Å². The Bertz CT molecular complexity index is 4800. The molecule has 7 aliphatic rings. The zero-order valence-corrected chi connectivity index (χ0v) is 55.0. The largest absolute Gasteiger partial charge is 0.468 e. The third-order valence-corrected chi connectivity index (χ3v) is 24.0. The van der Waals surface area contributed by atoms with Crippen molar-refractivity contribution in [3.8, 4) is 11.1 Å². The van der Waals surface area contributed by atoms with Crippen molar-refractivity contribution in [3.63, 3.8) is 0 Å². The standard InChI is InChI=1S/C85H84BN3O2/c1-81(2,3)53-36-40-57(41-37-53)87(71-28-18-24-61-60-22-15-17-29-74(60)90-79(61)71)59-42-43-69-68(48-59)86-77-72(46-56(82(4,5)6)47-73(77)89(69)70-27-19-26-65-76(70)62-23-14-16-25-64(62)85(65)54-32-33-55(85)35-34-54)88(58-38-30-52(31-39-58)51-20-12-11-13-21-51)78-63-49-66-67(50-75(63)91-80(78)86)84(9,10)45-44-83(66,7)8/h14-19,22-31,36-43,46-51,54-55H,11-13,20-21,32-35,44-45H2,1-10H3. The first-order chi connectivity index (χ1) is 43.9. The lowest BCUT2D eigenvalue weighted by molar-refractivity contribution is 0.332. The third kappa shape index (κ3) is 7.96. The van der Waals surface area contributed by atoms with Crippen molar-refractivity contribution in [2.45, 2.75) is 173 Å². The molecule has 18 rings (SSSR count). The average molecular weight is 1190 g/mol. The topological polar surface area (TPSA) is 36.0 Å². The first kappa shape index (κ1) is 55.6. The van der Waals surface area contributed by atoms with E-state index in [-0.39, 0.29) is 33.8 Å². The van der Waals surface area contributed by atoms with E-state index in [1.807, 2.05) is 0 Å². The maximum atomic E-state index is 7.96. The van der Waals surface area contributed by atoms with Crippen molar-refractivity contribution >= 4 is 107 Å². The molecule has 0 radical (unpaired) electrons. The monoisotopic (exact) mass is 1190 g/mol. The van der Waals surface area contributed by atoms with Crippen molar-refractivity contribution in [1.82, 2.24) is 0 Å². The highest BCUT2D eigenvalue weighted by atomic mass is 16.3. The van der Waals surface area contributed by atoms with Gasteiger partial charge < -0.3 is 23.5 Å². The van der Waals surface area contributed by atoms with Crippen molar-refractivity contribution in [3.05, 3.63) is 215 Å². The minimum Gasteiger partial charge on any atom is -0.468 e. The second-order valence-corrected chi connectivity index (χ2v) is 32.0. The summed E-state index contributed by atoms with van der Waals surface area (Å²) in [4.78, 5) is 7.87. The van der Waals surface area contributed by atoms with Crippen molar-refractivity contribution in [2.75, 3.05) is 14.7 Å². The summed E-state index contributed by atoms with van der Waals surface area (Å²) in [6, 6.07) is 69.0. The van der Waals surface area contributed by atoms with Crippen LogP contribution < -0.4 is 31.3 Å². The van der Waals surface area contributed by atoms with Crippen molar-refractivity contribution < 1.29 is 8.83 Å². The van der Waals surface area contributed by atoms with Gasteiger partial charge in [0.25, 0.3) is 6.71 Å². The molecule has 0 amide bonds. The zero-order valence-electron chi connectivity index (χ0n) is 55.0. The predicted molar refractivity (Wildman–Crippen MR) is 382 cm³/mol. The first-order valence-corrected chi connectivity index (χ1v) is 34.6. The van der Waals surface area contributed by atoms with Gasteiger partial charge in [-0.05, 0) is 231 Å². The summed E-state index contributed by atoms with van der Waals surface area (Å²) in [7, 11) is 0. The molecule has 0 unspecified atom stereocenters. The fourth-order valence-corrected chi connectivity index (χ4v) is 19.2. The number of furan rings is 2. The summed E-state index contributed by atoms with van der Waals surface area (Å²) >= 11 is 0. The molecule has 0 N–H and O–H groups in total. The minimum absolute atomic E-state index is 0.00599. The summed E-state index contributed by atoms with van der Waals surface area (Å²) in [5.74, 6) is 1.87. The highest BCUT2D eigenvalue weighted by Crippen LogP contribution is 2.69. The Kier molecular flexibility index (Phi) is 11.9. The molecule has 91 heavy (non-hydrogen) atoms. The molecule has 0 saturated heterocycles. The van der Waals surface area contributed by atoms with Gasteiger partial charge in [-0.15, -0.1) is 0 Å². The van der Waals surface area contributed by atoms with Crippen LogP contribution in [0.2, 0.25) is 0 Å². The molecule has 3 fully saturated rings. The summed E-state index contributed by atoms with van der Waals surface area (Å²) in [6.07, 6.45) is 13.9. The quantitative estimate of drug-likeness (QED) is 0.155. The molecule has 3 saturated carbocycles. The van der Waals surface area contributed by atoms with E-state index in [1.165, 1.54) is 147 Å². The maximum absolute atomic E-state index is 7.96. The lowest BCUT2D eigenvalue weighted by atomic mass is 9.35. The van der Waals surface area contributed by atoms with E-state index in [0.717, 1.165) is 68.8 Å². The Morgan fingerprint density at radius 1 is 0.484 bits per heavy atom. The Labute approximate surface area is 538 Å². The van der Waals surface area contributed by atoms with Gasteiger partial charge in [0.05, 0.1) is 22.7 Å². The van der Waals surface area contributed by atoms with Crippen molar-refractivity contribution in [1.29, 1.82) is 0 Å². The molecule has 2 aliphatic heterocycles. The third-order valence-electron chi connectivity index (χ3n) is 24.0. The fraction of sp³-hybridized carbons (Fsp3) is 0.341. The van der Waals surface area contributed by atoms with Gasteiger partial charge in [0.15, 0.2) is 5.58 Å². The number of hydrogen-bond donors (Lipinski definition) is 0. The van der Waals surface area contributed by atoms with Gasteiger partial charge in [-0.25, -0.2) is 0 Å². The fourth-order valence-electron chi connectivity index (χ4n) is 19.2. The van der Waals surface area contributed by atoms with Gasteiger partial charge >= 0.3 is 0 Å². The van der Waals surface area contributed by atoms with E-state index in [2.05, 4.69) is 260 Å². The molecule has 0 atom stereocenters. The van der Waals surface area contributed by atoms with Crippen LogP contribution in [0.1, 0.15) is 185 Å². The molecule has 9 aromatic carbocycles. The molecule has 4 heterocycles. The minimum atomic E-state index is -0.281. The Balaban J connectivity index is 0.957. The van der Waals surface area contributed by atoms with Crippen LogP contribution in [-0.4, -0.2) is 6.71 Å². The lowest BCUT2D eigenvalue weighted by Crippen LogP contribution is -2.61. The van der Waals surface area contributed by atoms with Gasteiger partial charge in [0.1, 0.15) is 11.2 Å². The molecule has 2 aromatic heterocycles. The van der Waals surface area contributed by atoms with Gasteiger partial charge in [0, 0.05) is 61.3 Å². The molecular weight excluding hydrogens is 1110 g/mol. The van der Waals surface area contributed by atoms with E-state index in [0.29, 0.717) is 17.8 Å². The van der Waals surface area contributed by atoms with Crippen LogP contribution in [0.3, 0.4) is 0 Å². The number of fused-ring (bicyclic) bond motifs is 13. The molecule has 6 heteroatoms. The average Bonchev–Trinajstić information content (AvgIpc) is 1.60. The highest BCUT2D eigenvalue weighted by molar-refractivity contribution is 7.00. The van der Waals surface area contributed by atoms with Gasteiger partial charge in [-0.1, -0.05) is 179 Å². The molecule has 11 aromatic rings. The number of para-hydroxylation sites is 2. The summed E-state index contributed by atoms with van der Waals surface area (Å²) in [5, 5.41) is 3.41. The molecule has 2 bridgehead atoms. The van der Waals surface area contributed by atoms with Crippen LogP contribution in [0.15, 0.2) is 185 Å². The zero-order chi connectivity index (χ0) is 61.8. The van der Waals surface area contributed by atoms with Gasteiger partial charge in [-0.2, -0.15) is 0 Å². The van der Waals surface area contributed by atoms with Gasteiger partial charge in [-0.3, -0.25) is 0 Å². The summed E-state index contributed by atoms with van der Waals surface area (Å²) in [6.45, 7) is 23.7. The Morgan fingerprint density at radius 2 is 1.12 bits per heavy atom. The van der Waals surface area contributed by atoms with E-state index < -0.39 is 0 Å². The molecule has 454 valence electrons. The Hall–Kier alpha value is -8.22. The first-order valence-electron chi connectivity index (χ1n) is 34.6. The van der Waals surface area contributed by atoms with E-state index >= 15 is 0 Å².